The number of nitrogens with zero attached hydrogens (tertiary/aromatic N) is 5. The zero-order valence-corrected chi connectivity index (χ0v) is 15.6. The van der Waals surface area contributed by atoms with E-state index in [1.165, 1.54) is 0 Å². The molecule has 138 valence electrons. The summed E-state index contributed by atoms with van der Waals surface area (Å²) in [7, 11) is 1.74. The molecule has 0 unspecified atom stereocenters. The molecule has 1 atom stereocenters. The number of aryl methyl sites for hydroxylation is 1. The number of ether oxygens (including phenoxy) is 1. The van der Waals surface area contributed by atoms with Gasteiger partial charge in [0.05, 0.1) is 18.8 Å². The van der Waals surface area contributed by atoms with E-state index in [1.807, 2.05) is 18.2 Å². The lowest BCUT2D eigenvalue weighted by Crippen LogP contribution is -2.52. The summed E-state index contributed by atoms with van der Waals surface area (Å²) in [6, 6.07) is 5.72. The lowest BCUT2D eigenvalue weighted by molar-refractivity contribution is -0.146. The average Bonchev–Trinajstić information content (AvgIpc) is 3.11. The van der Waals surface area contributed by atoms with Crippen LogP contribution < -0.4 is 0 Å². The zero-order valence-electron chi connectivity index (χ0n) is 14.8. The molecule has 2 aromatic rings. The summed E-state index contributed by atoms with van der Waals surface area (Å²) in [4.78, 5) is 33.3. The number of rotatable bonds is 5. The second-order valence-corrected chi connectivity index (χ2v) is 6.88. The Bertz CT molecular complexity index is 767. The van der Waals surface area contributed by atoms with E-state index in [9.17, 15) is 9.59 Å². The van der Waals surface area contributed by atoms with Gasteiger partial charge in [-0.2, -0.15) is 0 Å². The van der Waals surface area contributed by atoms with Crippen LogP contribution in [0.15, 0.2) is 24.4 Å². The van der Waals surface area contributed by atoms with Crippen LogP contribution in [0, 0.1) is 6.92 Å². The highest BCUT2D eigenvalue weighted by molar-refractivity contribution is 7.07. The van der Waals surface area contributed by atoms with Gasteiger partial charge in [0.25, 0.3) is 11.8 Å². The minimum atomic E-state index is -0.650. The smallest absolute Gasteiger partial charge is 0.267 e. The molecule has 3 rings (SSSR count). The van der Waals surface area contributed by atoms with Crippen molar-refractivity contribution in [2.45, 2.75) is 19.4 Å². The molecule has 9 heteroatoms. The summed E-state index contributed by atoms with van der Waals surface area (Å²) in [5.74, 6) is -0.271. The number of carbonyl (C=O) groups is 2. The molecule has 0 aliphatic carbocycles. The van der Waals surface area contributed by atoms with E-state index in [-0.39, 0.29) is 18.4 Å². The van der Waals surface area contributed by atoms with Crippen LogP contribution in [0.2, 0.25) is 0 Å². The van der Waals surface area contributed by atoms with Gasteiger partial charge in [0.1, 0.15) is 4.88 Å². The van der Waals surface area contributed by atoms with E-state index in [0.29, 0.717) is 36.7 Å². The van der Waals surface area contributed by atoms with Gasteiger partial charge in [-0.15, -0.1) is 5.10 Å². The van der Waals surface area contributed by atoms with Crippen molar-refractivity contribution in [3.05, 3.63) is 40.7 Å². The Morgan fingerprint density at radius 1 is 1.42 bits per heavy atom. The fraction of sp³-hybridized carbons (Fsp3) is 0.471. The van der Waals surface area contributed by atoms with Crippen LogP contribution in [0.5, 0.6) is 0 Å². The molecule has 0 spiro atoms. The third-order valence-electron chi connectivity index (χ3n) is 4.28. The first kappa shape index (κ1) is 18.4. The Morgan fingerprint density at radius 2 is 2.27 bits per heavy atom. The maximum absolute atomic E-state index is 12.7. The van der Waals surface area contributed by atoms with Gasteiger partial charge >= 0.3 is 0 Å². The van der Waals surface area contributed by atoms with Crippen LogP contribution in [0.1, 0.15) is 21.1 Å². The molecule has 8 nitrogen and oxygen atoms in total. The van der Waals surface area contributed by atoms with E-state index >= 15 is 0 Å². The quantitative estimate of drug-likeness (QED) is 0.767. The standard InChI is InChI=1S/C17H21N5O3S/c1-12-15(26-20-19-12)17(24)22-9-10-25-14(11-22)16(23)21(2)8-6-13-5-3-4-7-18-13/h3-5,7,14H,6,8-11H2,1-2H3/t14-/m0/s1. The fourth-order valence-corrected chi connectivity index (χ4v) is 3.36. The monoisotopic (exact) mass is 375 g/mol. The van der Waals surface area contributed by atoms with Crippen molar-refractivity contribution in [1.82, 2.24) is 24.4 Å². The van der Waals surface area contributed by atoms with Crippen molar-refractivity contribution in [3.8, 4) is 0 Å². The van der Waals surface area contributed by atoms with Gasteiger partial charge in [0.2, 0.25) is 0 Å². The normalized spacial score (nSPS) is 17.2. The van der Waals surface area contributed by atoms with E-state index in [0.717, 1.165) is 17.2 Å². The Hall–Kier alpha value is -2.39. The number of carbonyl (C=O) groups excluding carboxylic acids is 2. The predicted molar refractivity (Wildman–Crippen MR) is 95.9 cm³/mol. The molecule has 0 radical (unpaired) electrons. The lowest BCUT2D eigenvalue weighted by atomic mass is 10.2. The summed E-state index contributed by atoms with van der Waals surface area (Å²) < 4.78 is 9.42. The van der Waals surface area contributed by atoms with Crippen LogP contribution in [-0.2, 0) is 16.0 Å². The van der Waals surface area contributed by atoms with Crippen LogP contribution in [0.3, 0.4) is 0 Å². The summed E-state index contributed by atoms with van der Waals surface area (Å²) in [5.41, 5.74) is 1.54. The first-order valence-corrected chi connectivity index (χ1v) is 9.18. The first-order chi connectivity index (χ1) is 12.6. The molecule has 3 heterocycles. The highest BCUT2D eigenvalue weighted by Crippen LogP contribution is 2.16. The van der Waals surface area contributed by atoms with E-state index in [1.54, 1.807) is 30.0 Å². The number of pyridine rings is 1. The average molecular weight is 375 g/mol. The molecule has 1 saturated heterocycles. The largest absolute Gasteiger partial charge is 0.365 e. The molecular formula is C17H21N5O3S. The molecular weight excluding hydrogens is 354 g/mol. The summed E-state index contributed by atoms with van der Waals surface area (Å²) >= 11 is 1.08. The molecule has 1 aliphatic rings. The highest BCUT2D eigenvalue weighted by atomic mass is 32.1. The SMILES string of the molecule is Cc1nnsc1C(=O)N1CCO[C@H](C(=O)N(C)CCc2ccccn2)C1. The van der Waals surface area contributed by atoms with Crippen molar-refractivity contribution in [3.63, 3.8) is 0 Å². The molecule has 0 saturated carbocycles. The van der Waals surface area contributed by atoms with E-state index in [4.69, 9.17) is 4.74 Å². The second-order valence-electron chi connectivity index (χ2n) is 6.13. The number of likely N-dealkylation sites (N-methyl/N-ethyl adjacent to an activating group) is 1. The molecule has 0 aromatic carbocycles. The van der Waals surface area contributed by atoms with Crippen molar-refractivity contribution >= 4 is 23.3 Å². The third kappa shape index (κ3) is 4.23. The minimum Gasteiger partial charge on any atom is -0.365 e. The first-order valence-electron chi connectivity index (χ1n) is 8.41. The fourth-order valence-electron chi connectivity index (χ4n) is 2.74. The zero-order chi connectivity index (χ0) is 18.5. The van der Waals surface area contributed by atoms with Gasteiger partial charge < -0.3 is 14.5 Å². The Labute approximate surface area is 155 Å². The van der Waals surface area contributed by atoms with Crippen LogP contribution in [0.4, 0.5) is 0 Å². The maximum atomic E-state index is 12.7. The van der Waals surface area contributed by atoms with Gasteiger partial charge in [-0.05, 0) is 30.6 Å². The van der Waals surface area contributed by atoms with Crippen molar-refractivity contribution in [2.75, 3.05) is 33.3 Å². The van der Waals surface area contributed by atoms with Gasteiger partial charge in [-0.1, -0.05) is 10.6 Å². The number of hydrogen-bond donors (Lipinski definition) is 0. The number of hydrogen-bond acceptors (Lipinski definition) is 7. The molecule has 2 amide bonds. The van der Waals surface area contributed by atoms with E-state index in [2.05, 4.69) is 14.6 Å². The Kier molecular flexibility index (Phi) is 5.89. The molecule has 26 heavy (non-hydrogen) atoms. The Balaban J connectivity index is 1.57. The number of morpholine rings is 1. The van der Waals surface area contributed by atoms with Gasteiger partial charge in [0.15, 0.2) is 6.10 Å². The van der Waals surface area contributed by atoms with Crippen molar-refractivity contribution < 1.29 is 14.3 Å². The highest BCUT2D eigenvalue weighted by Gasteiger charge is 2.32. The second kappa shape index (κ2) is 8.33. The minimum absolute atomic E-state index is 0.127. The van der Waals surface area contributed by atoms with Gasteiger partial charge in [0, 0.05) is 38.4 Å². The number of amides is 2. The topological polar surface area (TPSA) is 88.5 Å². The lowest BCUT2D eigenvalue weighted by Gasteiger charge is -2.33. The van der Waals surface area contributed by atoms with Crippen LogP contribution >= 0.6 is 11.5 Å². The van der Waals surface area contributed by atoms with Gasteiger partial charge in [-0.25, -0.2) is 0 Å². The summed E-state index contributed by atoms with van der Waals surface area (Å²) in [5, 5.41) is 3.88. The molecule has 0 bridgehead atoms. The molecule has 1 fully saturated rings. The molecule has 1 aliphatic heterocycles. The molecule has 0 N–H and O–H groups in total. The van der Waals surface area contributed by atoms with Gasteiger partial charge in [-0.3, -0.25) is 14.6 Å². The maximum Gasteiger partial charge on any atom is 0.267 e. The van der Waals surface area contributed by atoms with E-state index < -0.39 is 6.10 Å². The summed E-state index contributed by atoms with van der Waals surface area (Å²) in [6.45, 7) is 3.33. The van der Waals surface area contributed by atoms with Crippen molar-refractivity contribution in [1.29, 1.82) is 0 Å². The van der Waals surface area contributed by atoms with Crippen LogP contribution in [-0.4, -0.2) is 75.6 Å². The predicted octanol–water partition coefficient (Wildman–Crippen LogP) is 0.784. The Morgan fingerprint density at radius 3 is 2.96 bits per heavy atom. The summed E-state index contributed by atoms with van der Waals surface area (Å²) in [6.07, 6.45) is 1.76. The third-order valence-corrected chi connectivity index (χ3v) is 5.10. The number of aromatic nitrogens is 3. The van der Waals surface area contributed by atoms with Crippen molar-refractivity contribution in [2.24, 2.45) is 0 Å². The molecule has 2 aromatic heterocycles. The van der Waals surface area contributed by atoms with Crippen LogP contribution in [0.25, 0.3) is 0 Å².